The molecular weight excluding hydrogens is 215 g/mol. The van der Waals surface area contributed by atoms with E-state index in [1.54, 1.807) is 0 Å². The lowest BCUT2D eigenvalue weighted by Crippen LogP contribution is -2.33. The summed E-state index contributed by atoms with van der Waals surface area (Å²) in [6.07, 6.45) is 8.20. The minimum absolute atomic E-state index is 0.225. The Morgan fingerprint density at radius 3 is 2.35 bits per heavy atom. The minimum atomic E-state index is -0.598. The van der Waals surface area contributed by atoms with E-state index in [2.05, 4.69) is 6.92 Å². The summed E-state index contributed by atoms with van der Waals surface area (Å²) in [4.78, 5) is 0. The van der Waals surface area contributed by atoms with Crippen molar-refractivity contribution in [2.24, 2.45) is 23.7 Å². The first-order chi connectivity index (χ1) is 8.20. The van der Waals surface area contributed by atoms with Crippen LogP contribution in [0.25, 0.3) is 0 Å². The van der Waals surface area contributed by atoms with Crippen molar-refractivity contribution in [1.82, 2.24) is 0 Å². The molecule has 2 fully saturated rings. The van der Waals surface area contributed by atoms with Crippen LogP contribution in [0.4, 0.5) is 4.39 Å². The van der Waals surface area contributed by atoms with E-state index in [0.29, 0.717) is 24.2 Å². The highest BCUT2D eigenvalue weighted by Gasteiger charge is 2.36. The maximum atomic E-state index is 14.2. The normalized spacial score (nSPS) is 43.6. The maximum Gasteiger partial charge on any atom is 0.103 e. The summed E-state index contributed by atoms with van der Waals surface area (Å²) in [6.45, 7) is 2.55. The fourth-order valence-corrected chi connectivity index (χ4v) is 3.91. The highest BCUT2D eigenvalue weighted by molar-refractivity contribution is 4.86. The van der Waals surface area contributed by atoms with Crippen LogP contribution in [-0.2, 0) is 0 Å². The molecule has 2 aliphatic rings. The summed E-state index contributed by atoms with van der Waals surface area (Å²) in [5.41, 5.74) is 0. The molecule has 2 saturated carbocycles. The Hall–Kier alpha value is -0.110. The second-order valence-corrected chi connectivity index (χ2v) is 6.39. The Balaban J connectivity index is 1.82. The van der Waals surface area contributed by atoms with Crippen LogP contribution in [-0.4, -0.2) is 17.9 Å². The lowest BCUT2D eigenvalue weighted by atomic mass is 9.68. The van der Waals surface area contributed by atoms with Crippen LogP contribution < -0.4 is 0 Å². The van der Waals surface area contributed by atoms with E-state index >= 15 is 0 Å². The molecule has 0 saturated heterocycles. The molecule has 0 bridgehead atoms. The summed E-state index contributed by atoms with van der Waals surface area (Å²) in [7, 11) is 0. The number of aliphatic hydroxyl groups is 1. The van der Waals surface area contributed by atoms with Gasteiger partial charge in [0, 0.05) is 6.61 Å². The Labute approximate surface area is 105 Å². The van der Waals surface area contributed by atoms with Crippen LogP contribution in [0.3, 0.4) is 0 Å². The van der Waals surface area contributed by atoms with E-state index in [0.717, 1.165) is 25.2 Å². The van der Waals surface area contributed by atoms with Crippen molar-refractivity contribution in [1.29, 1.82) is 0 Å². The molecule has 100 valence electrons. The predicted octanol–water partition coefficient (Wildman–Crippen LogP) is 3.95. The molecule has 2 aliphatic carbocycles. The van der Waals surface area contributed by atoms with Gasteiger partial charge in [-0.2, -0.15) is 0 Å². The molecule has 1 N–H and O–H groups in total. The van der Waals surface area contributed by atoms with Gasteiger partial charge in [-0.05, 0) is 62.2 Å². The van der Waals surface area contributed by atoms with E-state index in [1.807, 2.05) is 0 Å². The Bertz CT molecular complexity index is 223. The molecule has 3 atom stereocenters. The Morgan fingerprint density at radius 2 is 1.76 bits per heavy atom. The Kier molecular flexibility index (Phi) is 4.84. The molecule has 0 amide bonds. The average molecular weight is 242 g/mol. The molecule has 2 rings (SSSR count). The van der Waals surface area contributed by atoms with Crippen LogP contribution in [0, 0.1) is 23.7 Å². The van der Waals surface area contributed by atoms with Crippen LogP contribution in [0.2, 0.25) is 0 Å². The van der Waals surface area contributed by atoms with Crippen LogP contribution in [0.15, 0.2) is 0 Å². The lowest BCUT2D eigenvalue weighted by Gasteiger charge is -2.39. The number of hydrogen-bond donors (Lipinski definition) is 1. The van der Waals surface area contributed by atoms with Crippen LogP contribution in [0.5, 0.6) is 0 Å². The third-order valence-corrected chi connectivity index (χ3v) is 5.13. The topological polar surface area (TPSA) is 20.2 Å². The predicted molar refractivity (Wildman–Crippen MR) is 68.6 cm³/mol. The first-order valence-electron chi connectivity index (χ1n) is 7.45. The van der Waals surface area contributed by atoms with Gasteiger partial charge in [-0.1, -0.05) is 19.8 Å². The number of hydrogen-bond acceptors (Lipinski definition) is 1. The summed E-state index contributed by atoms with van der Waals surface area (Å²) < 4.78 is 14.2. The van der Waals surface area contributed by atoms with Crippen molar-refractivity contribution in [2.45, 2.75) is 64.5 Å². The molecule has 0 radical (unpaired) electrons. The second-order valence-electron chi connectivity index (χ2n) is 6.39. The fraction of sp³-hybridized carbons (Fsp3) is 1.00. The van der Waals surface area contributed by atoms with Crippen molar-refractivity contribution >= 4 is 0 Å². The maximum absolute atomic E-state index is 14.2. The SMILES string of the molecule is CC1CCC(C2CCC(CCO)CC2F)CC1. The fourth-order valence-electron chi connectivity index (χ4n) is 3.91. The zero-order chi connectivity index (χ0) is 12.3. The first-order valence-corrected chi connectivity index (χ1v) is 7.45. The summed E-state index contributed by atoms with van der Waals surface area (Å²) in [6, 6.07) is 0. The van der Waals surface area contributed by atoms with Crippen LogP contribution >= 0.6 is 0 Å². The van der Waals surface area contributed by atoms with E-state index in [9.17, 15) is 4.39 Å². The monoisotopic (exact) mass is 242 g/mol. The third kappa shape index (κ3) is 3.43. The van der Waals surface area contributed by atoms with Crippen molar-refractivity contribution in [2.75, 3.05) is 6.61 Å². The number of alkyl halides is 1. The number of aliphatic hydroxyl groups excluding tert-OH is 1. The molecule has 0 aromatic rings. The lowest BCUT2D eigenvalue weighted by molar-refractivity contribution is 0.0536. The van der Waals surface area contributed by atoms with Crippen molar-refractivity contribution < 1.29 is 9.50 Å². The molecule has 0 spiro atoms. The van der Waals surface area contributed by atoms with Gasteiger partial charge in [-0.3, -0.25) is 0 Å². The summed E-state index contributed by atoms with van der Waals surface area (Å²) in [5, 5.41) is 8.93. The largest absolute Gasteiger partial charge is 0.396 e. The minimum Gasteiger partial charge on any atom is -0.396 e. The zero-order valence-electron chi connectivity index (χ0n) is 11.1. The van der Waals surface area contributed by atoms with E-state index in [1.165, 1.54) is 25.7 Å². The highest BCUT2D eigenvalue weighted by atomic mass is 19.1. The highest BCUT2D eigenvalue weighted by Crippen LogP contribution is 2.43. The summed E-state index contributed by atoms with van der Waals surface area (Å²) >= 11 is 0. The quantitative estimate of drug-likeness (QED) is 0.794. The van der Waals surface area contributed by atoms with Gasteiger partial charge in [0.15, 0.2) is 0 Å². The molecule has 0 aliphatic heterocycles. The molecule has 0 heterocycles. The van der Waals surface area contributed by atoms with Gasteiger partial charge in [0.25, 0.3) is 0 Å². The first kappa shape index (κ1) is 13.3. The number of rotatable bonds is 3. The smallest absolute Gasteiger partial charge is 0.103 e. The van der Waals surface area contributed by atoms with Gasteiger partial charge in [0.1, 0.15) is 6.17 Å². The molecular formula is C15H27FO. The van der Waals surface area contributed by atoms with Gasteiger partial charge in [-0.15, -0.1) is 0 Å². The van der Waals surface area contributed by atoms with Crippen molar-refractivity contribution in [3.8, 4) is 0 Å². The van der Waals surface area contributed by atoms with E-state index in [4.69, 9.17) is 5.11 Å². The Morgan fingerprint density at radius 1 is 1.06 bits per heavy atom. The van der Waals surface area contributed by atoms with Gasteiger partial charge in [0.05, 0.1) is 0 Å². The van der Waals surface area contributed by atoms with E-state index < -0.39 is 6.17 Å². The van der Waals surface area contributed by atoms with E-state index in [-0.39, 0.29) is 6.61 Å². The van der Waals surface area contributed by atoms with Crippen molar-refractivity contribution in [3.63, 3.8) is 0 Å². The average Bonchev–Trinajstić information content (AvgIpc) is 2.31. The third-order valence-electron chi connectivity index (χ3n) is 5.13. The molecule has 2 heteroatoms. The molecule has 3 unspecified atom stereocenters. The van der Waals surface area contributed by atoms with Crippen molar-refractivity contribution in [3.05, 3.63) is 0 Å². The zero-order valence-corrected chi connectivity index (χ0v) is 11.1. The van der Waals surface area contributed by atoms with Gasteiger partial charge >= 0.3 is 0 Å². The molecule has 0 aromatic heterocycles. The van der Waals surface area contributed by atoms with Crippen LogP contribution in [0.1, 0.15) is 58.3 Å². The van der Waals surface area contributed by atoms with Gasteiger partial charge in [-0.25, -0.2) is 4.39 Å². The van der Waals surface area contributed by atoms with Gasteiger partial charge in [0.2, 0.25) is 0 Å². The molecule has 1 nitrogen and oxygen atoms in total. The number of halogens is 1. The summed E-state index contributed by atoms with van der Waals surface area (Å²) in [5.74, 6) is 2.28. The molecule has 17 heavy (non-hydrogen) atoms. The standard InChI is InChI=1S/C15H27FO/c1-11-2-5-13(6-3-11)14-7-4-12(8-9-17)10-15(14)16/h11-15,17H,2-10H2,1H3. The van der Waals surface area contributed by atoms with Gasteiger partial charge < -0.3 is 5.11 Å². The second kappa shape index (κ2) is 6.17. The molecule has 0 aromatic carbocycles.